The van der Waals surface area contributed by atoms with E-state index in [0.717, 1.165) is 25.9 Å². The van der Waals surface area contributed by atoms with E-state index in [4.69, 9.17) is 5.11 Å². The molecule has 0 unspecified atom stereocenters. The molecule has 3 rings (SSSR count). The van der Waals surface area contributed by atoms with Crippen LogP contribution in [0, 0.1) is 5.92 Å². The molecule has 156 valence electrons. The summed E-state index contributed by atoms with van der Waals surface area (Å²) >= 11 is 0. The van der Waals surface area contributed by atoms with Crippen molar-refractivity contribution in [3.05, 3.63) is 35.9 Å². The lowest BCUT2D eigenvalue weighted by Gasteiger charge is -2.36. The lowest BCUT2D eigenvalue weighted by molar-refractivity contribution is -0.142. The van der Waals surface area contributed by atoms with Gasteiger partial charge in [-0.2, -0.15) is 12.7 Å². The fraction of sp³-hybridized carbons (Fsp3) is 0.650. The lowest BCUT2D eigenvalue weighted by Crippen LogP contribution is -2.47. The van der Waals surface area contributed by atoms with Crippen LogP contribution in [-0.2, 0) is 21.5 Å². The van der Waals surface area contributed by atoms with Gasteiger partial charge < -0.3 is 5.11 Å². The molecule has 0 aromatic heterocycles. The summed E-state index contributed by atoms with van der Waals surface area (Å²) in [5, 5.41) is 9.06. The van der Waals surface area contributed by atoms with Gasteiger partial charge >= 0.3 is 5.97 Å². The van der Waals surface area contributed by atoms with Crippen molar-refractivity contribution in [2.75, 3.05) is 26.2 Å². The quantitative estimate of drug-likeness (QED) is 0.686. The number of piperidine rings is 2. The Morgan fingerprint density at radius 2 is 1.79 bits per heavy atom. The summed E-state index contributed by atoms with van der Waals surface area (Å²) in [4.78, 5) is 13.5. The van der Waals surface area contributed by atoms with Crippen LogP contribution >= 0.6 is 0 Å². The fourth-order valence-electron chi connectivity index (χ4n) is 4.20. The van der Waals surface area contributed by atoms with E-state index < -0.39 is 22.1 Å². The molecule has 1 aromatic rings. The van der Waals surface area contributed by atoms with Gasteiger partial charge in [-0.05, 0) is 44.2 Å². The molecular formula is C20H31N3O4S. The van der Waals surface area contributed by atoms with Crippen molar-refractivity contribution < 1.29 is 18.3 Å². The Morgan fingerprint density at radius 3 is 2.46 bits per heavy atom. The normalized spacial score (nSPS) is 22.9. The third kappa shape index (κ3) is 5.76. The van der Waals surface area contributed by atoms with Crippen molar-refractivity contribution >= 4 is 16.2 Å². The number of rotatable bonds is 8. The van der Waals surface area contributed by atoms with Crippen LogP contribution in [0.1, 0.15) is 44.1 Å². The standard InChI is InChI=1S/C20H31N3O4S/c24-20(25)18-10-14-23(15-11-18)28(26,27)21-12-9-19-8-4-5-13-22(19)16-17-6-2-1-3-7-17/h1-3,6-7,18-19,21H,4-5,8-16H2,(H,24,25)/t19-/m1/s1. The highest BCUT2D eigenvalue weighted by atomic mass is 32.2. The van der Waals surface area contributed by atoms with Gasteiger partial charge in [0.05, 0.1) is 5.92 Å². The third-order valence-corrected chi connectivity index (χ3v) is 7.50. The van der Waals surface area contributed by atoms with E-state index in [0.29, 0.717) is 25.4 Å². The van der Waals surface area contributed by atoms with Crippen molar-refractivity contribution in [2.24, 2.45) is 5.92 Å². The van der Waals surface area contributed by atoms with Gasteiger partial charge in [-0.3, -0.25) is 9.69 Å². The molecule has 2 aliphatic rings. The number of carboxylic acid groups (broad SMARTS) is 1. The number of likely N-dealkylation sites (tertiary alicyclic amines) is 1. The molecule has 7 nitrogen and oxygen atoms in total. The van der Waals surface area contributed by atoms with Gasteiger partial charge in [0.1, 0.15) is 0 Å². The minimum atomic E-state index is -3.54. The summed E-state index contributed by atoms with van der Waals surface area (Å²) in [6, 6.07) is 10.8. The third-order valence-electron chi connectivity index (χ3n) is 5.88. The van der Waals surface area contributed by atoms with E-state index in [9.17, 15) is 13.2 Å². The SMILES string of the molecule is O=C(O)C1CCN(S(=O)(=O)NCC[C@H]2CCCCN2Cc2ccccc2)CC1. The van der Waals surface area contributed by atoms with Crippen LogP contribution in [0.25, 0.3) is 0 Å². The molecule has 2 heterocycles. The summed E-state index contributed by atoms with van der Waals surface area (Å²) < 4.78 is 29.2. The van der Waals surface area contributed by atoms with E-state index in [1.807, 2.05) is 6.07 Å². The lowest BCUT2D eigenvalue weighted by atomic mass is 9.98. The molecule has 1 aromatic carbocycles. The van der Waals surface area contributed by atoms with Crippen LogP contribution in [-0.4, -0.2) is 60.9 Å². The van der Waals surface area contributed by atoms with Gasteiger partial charge in [-0.25, -0.2) is 4.72 Å². The number of nitrogens with one attached hydrogen (secondary N) is 1. The van der Waals surface area contributed by atoms with E-state index in [1.54, 1.807) is 0 Å². The van der Waals surface area contributed by atoms with Gasteiger partial charge in [-0.1, -0.05) is 36.8 Å². The van der Waals surface area contributed by atoms with E-state index >= 15 is 0 Å². The first-order chi connectivity index (χ1) is 13.5. The van der Waals surface area contributed by atoms with Crippen molar-refractivity contribution in [1.29, 1.82) is 0 Å². The van der Waals surface area contributed by atoms with Crippen molar-refractivity contribution in [3.63, 3.8) is 0 Å². The predicted molar refractivity (Wildman–Crippen MR) is 108 cm³/mol. The van der Waals surface area contributed by atoms with Gasteiger partial charge in [0.15, 0.2) is 0 Å². The smallest absolute Gasteiger partial charge is 0.306 e. The average molecular weight is 410 g/mol. The first-order valence-corrected chi connectivity index (χ1v) is 11.7. The van der Waals surface area contributed by atoms with E-state index in [-0.39, 0.29) is 13.1 Å². The van der Waals surface area contributed by atoms with Crippen molar-refractivity contribution in [1.82, 2.24) is 13.9 Å². The summed E-state index contributed by atoms with van der Waals surface area (Å²) in [5.74, 6) is -1.26. The Kier molecular flexibility index (Phi) is 7.45. The zero-order valence-corrected chi connectivity index (χ0v) is 17.1. The number of hydrogen-bond donors (Lipinski definition) is 2. The maximum Gasteiger partial charge on any atom is 0.306 e. The van der Waals surface area contributed by atoms with Crippen molar-refractivity contribution in [2.45, 2.75) is 51.1 Å². The molecule has 1 atom stereocenters. The Balaban J connectivity index is 1.48. The van der Waals surface area contributed by atoms with Gasteiger partial charge in [0.25, 0.3) is 10.2 Å². The summed E-state index contributed by atoms with van der Waals surface area (Å²) in [5.41, 5.74) is 1.29. The monoisotopic (exact) mass is 409 g/mol. The highest BCUT2D eigenvalue weighted by molar-refractivity contribution is 7.87. The van der Waals surface area contributed by atoms with Crippen LogP contribution in [0.15, 0.2) is 30.3 Å². The molecule has 0 aliphatic carbocycles. The molecule has 0 saturated carbocycles. The number of hydrogen-bond acceptors (Lipinski definition) is 4. The molecule has 2 fully saturated rings. The Labute approximate surface area is 167 Å². The maximum absolute atomic E-state index is 12.5. The van der Waals surface area contributed by atoms with Crippen LogP contribution < -0.4 is 4.72 Å². The topological polar surface area (TPSA) is 90.0 Å². The van der Waals surface area contributed by atoms with Crippen LogP contribution in [0.5, 0.6) is 0 Å². The maximum atomic E-state index is 12.5. The van der Waals surface area contributed by atoms with Crippen LogP contribution in [0.2, 0.25) is 0 Å². The average Bonchev–Trinajstić information content (AvgIpc) is 2.70. The molecule has 2 N–H and O–H groups in total. The molecule has 28 heavy (non-hydrogen) atoms. The Hall–Kier alpha value is -1.48. The molecule has 8 heteroatoms. The summed E-state index contributed by atoms with van der Waals surface area (Å²) in [7, 11) is -3.54. The number of carboxylic acids is 1. The Bertz CT molecular complexity index is 733. The first kappa shape index (κ1) is 21.2. The number of nitrogens with zero attached hydrogens (tertiary/aromatic N) is 2. The van der Waals surface area contributed by atoms with Crippen LogP contribution in [0.3, 0.4) is 0 Å². The van der Waals surface area contributed by atoms with Gasteiger partial charge in [-0.15, -0.1) is 0 Å². The number of aliphatic carboxylic acids is 1. The zero-order chi connectivity index (χ0) is 20.0. The molecule has 2 saturated heterocycles. The fourth-order valence-corrected chi connectivity index (χ4v) is 5.45. The number of benzene rings is 1. The first-order valence-electron chi connectivity index (χ1n) is 10.2. The van der Waals surface area contributed by atoms with E-state index in [1.165, 1.54) is 22.7 Å². The predicted octanol–water partition coefficient (Wildman–Crippen LogP) is 2.06. The molecule has 0 bridgehead atoms. The molecule has 0 radical (unpaired) electrons. The minimum absolute atomic E-state index is 0.274. The minimum Gasteiger partial charge on any atom is -0.481 e. The largest absolute Gasteiger partial charge is 0.481 e. The highest BCUT2D eigenvalue weighted by Crippen LogP contribution is 2.22. The van der Waals surface area contributed by atoms with Crippen molar-refractivity contribution in [3.8, 4) is 0 Å². The highest BCUT2D eigenvalue weighted by Gasteiger charge is 2.31. The second-order valence-corrected chi connectivity index (χ2v) is 9.56. The van der Waals surface area contributed by atoms with Gasteiger partial charge in [0.2, 0.25) is 0 Å². The second kappa shape index (κ2) is 9.82. The second-order valence-electron chi connectivity index (χ2n) is 7.81. The van der Waals surface area contributed by atoms with Crippen LogP contribution in [0.4, 0.5) is 0 Å². The molecule has 0 amide bonds. The Morgan fingerprint density at radius 1 is 1.07 bits per heavy atom. The summed E-state index contributed by atoms with van der Waals surface area (Å²) in [6.07, 6.45) is 5.02. The molecular weight excluding hydrogens is 378 g/mol. The van der Waals surface area contributed by atoms with E-state index in [2.05, 4.69) is 33.9 Å². The zero-order valence-electron chi connectivity index (χ0n) is 16.3. The summed E-state index contributed by atoms with van der Waals surface area (Å²) in [6.45, 7) is 2.92. The molecule has 2 aliphatic heterocycles. The van der Waals surface area contributed by atoms with Gasteiger partial charge in [0, 0.05) is 32.2 Å². The molecule has 0 spiro atoms. The number of carbonyl (C=O) groups is 1.